The van der Waals surface area contributed by atoms with Crippen LogP contribution >= 0.6 is 0 Å². The minimum Gasteiger partial charge on any atom is -0.434 e. The number of ether oxygens (including phenoxy) is 4. The van der Waals surface area contributed by atoms with Crippen LogP contribution < -0.4 is 0 Å². The summed E-state index contributed by atoms with van der Waals surface area (Å²) in [6.07, 6.45) is 13.9. The van der Waals surface area contributed by atoms with Crippen molar-refractivity contribution < 1.29 is 28.5 Å². The molecule has 194 valence electrons. The van der Waals surface area contributed by atoms with E-state index in [9.17, 15) is 9.59 Å². The lowest BCUT2D eigenvalue weighted by molar-refractivity contribution is -0.0271. The normalized spacial score (nSPS) is 18.4. The second kappa shape index (κ2) is 18.9. The molecule has 0 unspecified atom stereocenters. The molecule has 0 radical (unpaired) electrons. The summed E-state index contributed by atoms with van der Waals surface area (Å²) in [5.74, 6) is 1.53. The highest BCUT2D eigenvalue weighted by Crippen LogP contribution is 2.24. The number of rotatable bonds is 17. The van der Waals surface area contributed by atoms with Gasteiger partial charge in [-0.1, -0.05) is 85.5 Å². The van der Waals surface area contributed by atoms with E-state index in [2.05, 4.69) is 27.7 Å². The summed E-state index contributed by atoms with van der Waals surface area (Å²) in [5, 5.41) is 0. The quantitative estimate of drug-likeness (QED) is 0.157. The molecule has 0 amide bonds. The topological polar surface area (TPSA) is 71.1 Å². The number of hydrogen-bond donors (Lipinski definition) is 0. The Morgan fingerprint density at radius 3 is 1.27 bits per heavy atom. The largest absolute Gasteiger partial charge is 0.508 e. The third kappa shape index (κ3) is 17.7. The van der Waals surface area contributed by atoms with E-state index in [4.69, 9.17) is 18.9 Å². The Morgan fingerprint density at radius 2 is 0.909 bits per heavy atom. The molecule has 0 atom stereocenters. The molecule has 0 aromatic carbocycles. The predicted octanol–water partition coefficient (Wildman–Crippen LogP) is 8.21. The highest BCUT2D eigenvalue weighted by Gasteiger charge is 2.27. The highest BCUT2D eigenvalue weighted by atomic mass is 16.7. The summed E-state index contributed by atoms with van der Waals surface area (Å²) in [7, 11) is 0. The van der Waals surface area contributed by atoms with Crippen LogP contribution in [0.2, 0.25) is 0 Å². The highest BCUT2D eigenvalue weighted by molar-refractivity contribution is 5.60. The molecule has 0 N–H and O–H groups in total. The van der Waals surface area contributed by atoms with Gasteiger partial charge in [-0.25, -0.2) is 9.59 Å². The van der Waals surface area contributed by atoms with Crippen LogP contribution in [0.15, 0.2) is 0 Å². The van der Waals surface area contributed by atoms with Gasteiger partial charge < -0.3 is 18.9 Å². The third-order valence-corrected chi connectivity index (χ3v) is 6.19. The molecule has 1 saturated carbocycles. The van der Waals surface area contributed by atoms with Crippen molar-refractivity contribution in [1.29, 1.82) is 0 Å². The molecule has 0 saturated heterocycles. The van der Waals surface area contributed by atoms with Gasteiger partial charge in [0, 0.05) is 0 Å². The van der Waals surface area contributed by atoms with Crippen LogP contribution in [-0.4, -0.2) is 37.7 Å². The molecule has 1 aliphatic rings. The van der Waals surface area contributed by atoms with Crippen molar-refractivity contribution in [3.63, 3.8) is 0 Å². The predicted molar refractivity (Wildman–Crippen MR) is 131 cm³/mol. The van der Waals surface area contributed by atoms with Gasteiger partial charge in [0.25, 0.3) is 0 Å². The van der Waals surface area contributed by atoms with Gasteiger partial charge in [-0.3, -0.25) is 0 Å². The Labute approximate surface area is 202 Å². The molecule has 1 rings (SSSR count). The zero-order valence-corrected chi connectivity index (χ0v) is 21.8. The monoisotopic (exact) mass is 470 g/mol. The van der Waals surface area contributed by atoms with Crippen LogP contribution in [0.5, 0.6) is 0 Å². The molecule has 33 heavy (non-hydrogen) atoms. The van der Waals surface area contributed by atoms with Gasteiger partial charge in [0.2, 0.25) is 0 Å². The second-order valence-electron chi connectivity index (χ2n) is 10.4. The Morgan fingerprint density at radius 1 is 0.576 bits per heavy atom. The van der Waals surface area contributed by atoms with Crippen LogP contribution in [-0.2, 0) is 18.9 Å². The maximum absolute atomic E-state index is 11.9. The molecule has 0 heterocycles. The van der Waals surface area contributed by atoms with Gasteiger partial charge in [-0.15, -0.1) is 0 Å². The molecule has 0 aromatic heterocycles. The number of carbonyl (C=O) groups excluding carboxylic acids is 2. The Balaban J connectivity index is 1.97. The van der Waals surface area contributed by atoms with Crippen LogP contribution in [0.25, 0.3) is 0 Å². The smallest absolute Gasteiger partial charge is 0.434 e. The molecule has 0 aromatic rings. The summed E-state index contributed by atoms with van der Waals surface area (Å²) < 4.78 is 21.2. The van der Waals surface area contributed by atoms with E-state index in [1.54, 1.807) is 0 Å². The van der Waals surface area contributed by atoms with Gasteiger partial charge in [-0.2, -0.15) is 0 Å². The fourth-order valence-corrected chi connectivity index (χ4v) is 4.11. The molecule has 6 nitrogen and oxygen atoms in total. The van der Waals surface area contributed by atoms with Crippen molar-refractivity contribution in [1.82, 2.24) is 0 Å². The fraction of sp³-hybridized carbons (Fsp3) is 0.926. The first-order valence-electron chi connectivity index (χ1n) is 13.5. The van der Waals surface area contributed by atoms with Crippen LogP contribution in [0.3, 0.4) is 0 Å². The molecular weight excluding hydrogens is 420 g/mol. The van der Waals surface area contributed by atoms with E-state index in [0.29, 0.717) is 38.9 Å². The van der Waals surface area contributed by atoms with E-state index in [0.717, 1.165) is 37.5 Å². The van der Waals surface area contributed by atoms with Crippen molar-refractivity contribution in [2.75, 3.05) is 13.2 Å². The molecule has 1 fully saturated rings. The number of carbonyl (C=O) groups is 2. The molecular formula is C27H50O6. The van der Waals surface area contributed by atoms with Crippen molar-refractivity contribution in [3.8, 4) is 0 Å². The molecule has 0 spiro atoms. The second-order valence-corrected chi connectivity index (χ2v) is 10.4. The van der Waals surface area contributed by atoms with E-state index >= 15 is 0 Å². The Bertz CT molecular complexity index is 497. The lowest BCUT2D eigenvalue weighted by Gasteiger charge is -2.27. The van der Waals surface area contributed by atoms with Crippen molar-refractivity contribution in [3.05, 3.63) is 0 Å². The van der Waals surface area contributed by atoms with Gasteiger partial charge in [0.1, 0.15) is 12.2 Å². The standard InChI is InChI=1S/C27H50O6/c1-22(2)14-10-6-5-8-12-20-30-26(28)32-24-16-18-25(19-17-24)33-27(29)31-21-13-9-7-11-15-23(3)4/h22-25H,5-21H2,1-4H3. The minimum absolute atomic E-state index is 0.157. The first kappa shape index (κ1) is 29.6. The number of hydrogen-bond acceptors (Lipinski definition) is 6. The van der Waals surface area contributed by atoms with Crippen LogP contribution in [0.1, 0.15) is 124 Å². The van der Waals surface area contributed by atoms with E-state index in [1.807, 2.05) is 0 Å². The summed E-state index contributed by atoms with van der Waals surface area (Å²) in [6, 6.07) is 0. The Kier molecular flexibility index (Phi) is 16.9. The average molecular weight is 471 g/mol. The zero-order chi connectivity index (χ0) is 24.3. The molecule has 0 bridgehead atoms. The third-order valence-electron chi connectivity index (χ3n) is 6.19. The average Bonchev–Trinajstić information content (AvgIpc) is 2.76. The summed E-state index contributed by atoms with van der Waals surface area (Å²) >= 11 is 0. The van der Waals surface area contributed by atoms with E-state index in [-0.39, 0.29) is 12.2 Å². The van der Waals surface area contributed by atoms with Gasteiger partial charge in [-0.05, 0) is 50.4 Å². The summed E-state index contributed by atoms with van der Waals surface area (Å²) in [6.45, 7) is 9.83. The fourth-order valence-electron chi connectivity index (χ4n) is 4.11. The maximum Gasteiger partial charge on any atom is 0.508 e. The minimum atomic E-state index is -0.579. The Hall–Kier alpha value is -1.46. The van der Waals surface area contributed by atoms with Gasteiger partial charge in [0.15, 0.2) is 0 Å². The summed E-state index contributed by atoms with van der Waals surface area (Å²) in [4.78, 5) is 23.7. The van der Waals surface area contributed by atoms with E-state index < -0.39 is 12.3 Å². The molecule has 1 aliphatic carbocycles. The summed E-state index contributed by atoms with van der Waals surface area (Å²) in [5.41, 5.74) is 0. The number of unbranched alkanes of at least 4 members (excludes halogenated alkanes) is 7. The van der Waals surface area contributed by atoms with Crippen LogP contribution in [0.4, 0.5) is 9.59 Å². The molecule has 6 heteroatoms. The van der Waals surface area contributed by atoms with Crippen molar-refractivity contribution in [2.24, 2.45) is 11.8 Å². The first-order chi connectivity index (χ1) is 15.9. The maximum atomic E-state index is 11.9. The first-order valence-corrected chi connectivity index (χ1v) is 13.5. The molecule has 0 aliphatic heterocycles. The van der Waals surface area contributed by atoms with Crippen molar-refractivity contribution >= 4 is 12.3 Å². The van der Waals surface area contributed by atoms with E-state index in [1.165, 1.54) is 44.9 Å². The van der Waals surface area contributed by atoms with Gasteiger partial charge in [0.05, 0.1) is 13.2 Å². The lowest BCUT2D eigenvalue weighted by Crippen LogP contribution is -2.30. The van der Waals surface area contributed by atoms with Gasteiger partial charge >= 0.3 is 12.3 Å². The lowest BCUT2D eigenvalue weighted by atomic mass is 9.95. The zero-order valence-electron chi connectivity index (χ0n) is 21.8. The van der Waals surface area contributed by atoms with Crippen LogP contribution in [0, 0.1) is 11.8 Å². The van der Waals surface area contributed by atoms with Crippen molar-refractivity contribution in [2.45, 2.75) is 136 Å². The SMILES string of the molecule is CC(C)CCCCCCCOC(=O)OC1CCC(OC(=O)OCCCCCCC(C)C)CC1.